The molecule has 0 saturated carbocycles. The largest absolute Gasteiger partial charge is 0.463 e. The normalized spacial score (nSPS) is 12.6. The predicted octanol–water partition coefficient (Wildman–Crippen LogP) is 5.25. The molecule has 0 aliphatic carbocycles. The molecule has 0 atom stereocenters. The lowest BCUT2D eigenvalue weighted by atomic mass is 10.5. The van der Waals surface area contributed by atoms with E-state index in [1.807, 2.05) is 6.92 Å². The summed E-state index contributed by atoms with van der Waals surface area (Å²) in [5.74, 6) is 0.891. The summed E-state index contributed by atoms with van der Waals surface area (Å²) in [5, 5.41) is 0. The zero-order valence-corrected chi connectivity index (χ0v) is 18.4. The number of alkyl halides is 6. The van der Waals surface area contributed by atoms with Gasteiger partial charge in [0, 0.05) is 0 Å². The highest BCUT2D eigenvalue weighted by atomic mass is 80.0. The van der Waals surface area contributed by atoms with Crippen LogP contribution in [0.5, 0.6) is 6.01 Å². The molecule has 0 aliphatic heterocycles. The number of halogens is 6. The molecule has 1 heterocycles. The molecule has 10 heteroatoms. The number of rotatable bonds is 3. The average Bonchev–Trinajstić information content (AvgIpc) is 2.23. The van der Waals surface area contributed by atoms with E-state index >= 15 is 0 Å². The second-order valence-corrected chi connectivity index (χ2v) is 16.6. The molecule has 0 fully saturated rings. The maximum Gasteiger partial charge on any atom is 0.320 e. The monoisotopic (exact) mass is 635 g/mol. The van der Waals surface area contributed by atoms with Crippen LogP contribution in [0.25, 0.3) is 0 Å². The van der Waals surface area contributed by atoms with Crippen molar-refractivity contribution in [1.82, 2.24) is 15.0 Å². The first-order valence-electron chi connectivity index (χ1n) is 4.68. The van der Waals surface area contributed by atoms with Gasteiger partial charge in [0.2, 0.25) is 0 Å². The predicted molar refractivity (Wildman–Crippen MR) is 92.5 cm³/mol. The highest BCUT2D eigenvalue weighted by Crippen LogP contribution is 2.46. The average molecular weight is 641 g/mol. The Kier molecular flexibility index (Phi) is 7.00. The highest BCUT2D eigenvalue weighted by Gasteiger charge is 2.32. The summed E-state index contributed by atoms with van der Waals surface area (Å²) >= 11 is 20.2. The Labute approximate surface area is 155 Å². The Morgan fingerprint density at radius 3 is 1.67 bits per heavy atom. The molecular weight excluding hydrogens is 634 g/mol. The second kappa shape index (κ2) is 7.11. The number of hydrogen-bond donors (Lipinski definition) is 0. The molecule has 0 spiro atoms. The first kappa shape index (κ1) is 17.7. The first-order valence-corrected chi connectivity index (χ1v) is 9.43. The van der Waals surface area contributed by atoms with E-state index in [0.29, 0.717) is 18.3 Å². The van der Waals surface area contributed by atoms with Gasteiger partial charge in [-0.2, -0.15) is 9.97 Å². The Balaban J connectivity index is 3.21. The fraction of sp³-hybridized carbons (Fsp3) is 0.625. The van der Waals surface area contributed by atoms with Crippen LogP contribution < -0.4 is 4.74 Å². The van der Waals surface area contributed by atoms with Crippen molar-refractivity contribution in [3.8, 4) is 6.01 Å². The van der Waals surface area contributed by atoms with Crippen LogP contribution >= 0.6 is 95.6 Å². The Bertz CT molecular complexity index is 384. The third kappa shape index (κ3) is 5.59. The van der Waals surface area contributed by atoms with Gasteiger partial charge in [-0.15, -0.1) is 0 Å². The van der Waals surface area contributed by atoms with Crippen molar-refractivity contribution in [2.45, 2.75) is 17.6 Å². The zero-order chi connectivity index (χ0) is 14.0. The van der Waals surface area contributed by atoms with Gasteiger partial charge >= 0.3 is 6.01 Å². The quantitative estimate of drug-likeness (QED) is 0.424. The smallest absolute Gasteiger partial charge is 0.320 e. The van der Waals surface area contributed by atoms with Crippen LogP contribution in [-0.2, 0) is 4.29 Å². The minimum atomic E-state index is -0.729. The zero-order valence-electron chi connectivity index (χ0n) is 8.93. The maximum atomic E-state index is 5.44. The van der Waals surface area contributed by atoms with Crippen LogP contribution in [0.2, 0.25) is 0 Å². The lowest BCUT2D eigenvalue weighted by Crippen LogP contribution is -2.16. The van der Waals surface area contributed by atoms with Crippen LogP contribution in [0, 0.1) is 0 Å². The van der Waals surface area contributed by atoms with E-state index in [4.69, 9.17) is 4.74 Å². The Morgan fingerprint density at radius 2 is 1.33 bits per heavy atom. The molecule has 0 unspecified atom stereocenters. The molecule has 0 saturated heterocycles. The second-order valence-electron chi connectivity index (χ2n) is 3.11. The lowest BCUT2D eigenvalue weighted by molar-refractivity contribution is 0.289. The van der Waals surface area contributed by atoms with Crippen LogP contribution in [-0.4, -0.2) is 21.6 Å². The number of nitrogens with zero attached hydrogens (tertiary/aromatic N) is 3. The Hall–Kier alpha value is 1.69. The summed E-state index contributed by atoms with van der Waals surface area (Å²) in [7, 11) is 0. The number of ether oxygens (including phenoxy) is 1. The summed E-state index contributed by atoms with van der Waals surface area (Å²) in [6.07, 6.45) is 0.876. The van der Waals surface area contributed by atoms with E-state index in [9.17, 15) is 0 Å². The Morgan fingerprint density at radius 1 is 0.889 bits per heavy atom. The SMILES string of the molecule is CCCOc1nc(C(Br)(Br)Br)nc(C(Br)(Br)Br)n1. The molecule has 102 valence electrons. The third-order valence-electron chi connectivity index (χ3n) is 1.56. The van der Waals surface area contributed by atoms with E-state index in [2.05, 4.69) is 111 Å². The molecule has 4 nitrogen and oxygen atoms in total. The summed E-state index contributed by atoms with van der Waals surface area (Å²) in [6.45, 7) is 2.55. The number of aromatic nitrogens is 3. The molecule has 0 aromatic carbocycles. The van der Waals surface area contributed by atoms with E-state index < -0.39 is 4.29 Å². The standard InChI is InChI=1S/C8H7Br6N3O/c1-2-3-18-6-16-4(7(9,10)11)15-5(17-6)8(12,13)14/h2-3H2,1H3. The minimum Gasteiger partial charge on any atom is -0.463 e. The highest BCUT2D eigenvalue weighted by molar-refractivity contribution is 9.39. The van der Waals surface area contributed by atoms with Crippen LogP contribution in [0.15, 0.2) is 0 Å². The summed E-state index contributed by atoms with van der Waals surface area (Å²) in [4.78, 5) is 12.7. The van der Waals surface area contributed by atoms with Gasteiger partial charge in [-0.05, 0) is 6.42 Å². The van der Waals surface area contributed by atoms with E-state index in [-0.39, 0.29) is 6.01 Å². The van der Waals surface area contributed by atoms with Crippen molar-refractivity contribution in [2.24, 2.45) is 0 Å². The minimum absolute atomic E-state index is 0.266. The first-order chi connectivity index (χ1) is 8.14. The maximum absolute atomic E-state index is 5.44. The molecule has 0 aliphatic rings. The summed E-state index contributed by atoms with van der Waals surface area (Å²) in [6, 6.07) is 0.266. The molecule has 18 heavy (non-hydrogen) atoms. The van der Waals surface area contributed by atoms with Gasteiger partial charge in [0.1, 0.15) is 0 Å². The van der Waals surface area contributed by atoms with Crippen LogP contribution in [0.4, 0.5) is 0 Å². The topological polar surface area (TPSA) is 47.9 Å². The molecule has 0 amide bonds. The molecule has 1 aromatic rings. The van der Waals surface area contributed by atoms with E-state index in [1.54, 1.807) is 0 Å². The van der Waals surface area contributed by atoms with Gasteiger partial charge in [0.15, 0.2) is 15.9 Å². The summed E-state index contributed by atoms with van der Waals surface area (Å²) < 4.78 is 3.98. The van der Waals surface area contributed by atoms with Gasteiger partial charge in [-0.1, -0.05) is 103 Å². The van der Waals surface area contributed by atoms with Crippen molar-refractivity contribution in [2.75, 3.05) is 6.61 Å². The van der Waals surface area contributed by atoms with E-state index in [1.165, 1.54) is 0 Å². The molecule has 0 bridgehead atoms. The molecule has 1 rings (SSSR count). The van der Waals surface area contributed by atoms with Crippen molar-refractivity contribution >= 4 is 95.6 Å². The van der Waals surface area contributed by atoms with Gasteiger partial charge in [-0.3, -0.25) is 0 Å². The fourth-order valence-corrected chi connectivity index (χ4v) is 1.93. The number of hydrogen-bond acceptors (Lipinski definition) is 4. The van der Waals surface area contributed by atoms with Gasteiger partial charge in [-0.25, -0.2) is 4.98 Å². The molecular formula is C8H7Br6N3O. The van der Waals surface area contributed by atoms with Crippen molar-refractivity contribution < 1.29 is 4.74 Å². The fourth-order valence-electron chi connectivity index (χ4n) is 0.868. The van der Waals surface area contributed by atoms with Crippen LogP contribution in [0.3, 0.4) is 0 Å². The van der Waals surface area contributed by atoms with E-state index in [0.717, 1.165) is 6.42 Å². The van der Waals surface area contributed by atoms with Gasteiger partial charge < -0.3 is 4.74 Å². The summed E-state index contributed by atoms with van der Waals surface area (Å²) in [5.41, 5.74) is 0. The van der Waals surface area contributed by atoms with Gasteiger partial charge in [0.25, 0.3) is 0 Å². The molecule has 1 aromatic heterocycles. The van der Waals surface area contributed by atoms with Crippen molar-refractivity contribution in [3.63, 3.8) is 0 Å². The van der Waals surface area contributed by atoms with Crippen LogP contribution in [0.1, 0.15) is 25.0 Å². The van der Waals surface area contributed by atoms with Gasteiger partial charge in [0.05, 0.1) is 6.61 Å². The lowest BCUT2D eigenvalue weighted by Gasteiger charge is -2.16. The third-order valence-corrected chi connectivity index (χ3v) is 3.69. The molecule has 0 N–H and O–H groups in total. The van der Waals surface area contributed by atoms with Crippen molar-refractivity contribution in [3.05, 3.63) is 11.6 Å². The van der Waals surface area contributed by atoms with Crippen molar-refractivity contribution in [1.29, 1.82) is 0 Å². The molecule has 0 radical (unpaired) electrons.